The van der Waals surface area contributed by atoms with E-state index in [-0.39, 0.29) is 41.4 Å². The highest BCUT2D eigenvalue weighted by Gasteiger charge is 2.36. The standard InChI is InChI=1S/C31H36BrFN2O11S/c1-5-31(19-8-11-23(33)22(32)14-19,16-44-13-12-30(2,3)46-29(41)25(37)24(36)28(39)40)17-45-26-21(15-34-35-27(26)38)18-6-9-20(10-7-18)47(4,42)43/h6-11,14-15,24-25,36-37H,5,12-13,16-17H2,1-4H3,(H,35,38)(H,39,40)/t24-,25-,31?/m1/s1. The number of aliphatic carboxylic acids is 1. The number of halogens is 2. The third kappa shape index (κ3) is 9.67. The molecule has 0 aliphatic rings. The number of nitrogens with zero attached hydrogens (tertiary/aromatic N) is 1. The smallest absolute Gasteiger partial charge is 0.338 e. The minimum atomic E-state index is -3.45. The lowest BCUT2D eigenvalue weighted by Gasteiger charge is -2.34. The van der Waals surface area contributed by atoms with Crippen LogP contribution in [0.25, 0.3) is 11.1 Å². The fourth-order valence-electron chi connectivity index (χ4n) is 4.50. The second-order valence-electron chi connectivity index (χ2n) is 11.5. The number of hydrogen-bond donors (Lipinski definition) is 4. The van der Waals surface area contributed by atoms with Crippen LogP contribution in [-0.4, -0.2) is 89.8 Å². The molecule has 0 aliphatic carbocycles. The van der Waals surface area contributed by atoms with Crippen molar-refractivity contribution in [1.82, 2.24) is 10.2 Å². The van der Waals surface area contributed by atoms with Crippen molar-refractivity contribution in [2.24, 2.45) is 0 Å². The van der Waals surface area contributed by atoms with Gasteiger partial charge < -0.3 is 29.5 Å². The summed E-state index contributed by atoms with van der Waals surface area (Å²) in [5.41, 5.74) is -1.42. The number of nitrogens with one attached hydrogen (secondary N) is 1. The van der Waals surface area contributed by atoms with Crippen molar-refractivity contribution < 1.29 is 51.9 Å². The van der Waals surface area contributed by atoms with Gasteiger partial charge in [0.2, 0.25) is 0 Å². The number of aliphatic hydroxyl groups excluding tert-OH is 2. The second-order valence-corrected chi connectivity index (χ2v) is 14.4. The molecular weight excluding hydrogens is 707 g/mol. The van der Waals surface area contributed by atoms with E-state index in [0.717, 1.165) is 6.26 Å². The average Bonchev–Trinajstić information content (AvgIpc) is 3.01. The molecule has 0 saturated carbocycles. The van der Waals surface area contributed by atoms with Crippen LogP contribution in [-0.2, 0) is 34.3 Å². The largest absolute Gasteiger partial charge is 0.486 e. The molecule has 0 bridgehead atoms. The molecule has 2 aromatic carbocycles. The molecule has 3 rings (SSSR count). The Labute approximate surface area is 278 Å². The summed E-state index contributed by atoms with van der Waals surface area (Å²) in [6, 6.07) is 10.3. The minimum Gasteiger partial charge on any atom is -0.486 e. The molecule has 1 heterocycles. The van der Waals surface area contributed by atoms with Crippen LogP contribution in [0.4, 0.5) is 4.39 Å². The third-order valence-electron chi connectivity index (χ3n) is 7.50. The zero-order chi connectivity index (χ0) is 35.2. The molecular formula is C31H36BrFN2O11S. The number of rotatable bonds is 16. The van der Waals surface area contributed by atoms with Gasteiger partial charge in [-0.15, -0.1) is 0 Å². The number of benzene rings is 2. The summed E-state index contributed by atoms with van der Waals surface area (Å²) in [4.78, 5) is 36.1. The Bertz CT molecular complexity index is 1750. The Morgan fingerprint density at radius 2 is 1.74 bits per heavy atom. The van der Waals surface area contributed by atoms with E-state index in [1.54, 1.807) is 12.1 Å². The van der Waals surface area contributed by atoms with Crippen molar-refractivity contribution in [2.45, 2.75) is 61.7 Å². The van der Waals surface area contributed by atoms with Gasteiger partial charge in [-0.1, -0.05) is 25.1 Å². The minimum absolute atomic E-state index is 0.00662. The van der Waals surface area contributed by atoms with E-state index in [2.05, 4.69) is 26.1 Å². The zero-order valence-electron chi connectivity index (χ0n) is 26.0. The predicted octanol–water partition coefficient (Wildman–Crippen LogP) is 3.00. The van der Waals surface area contributed by atoms with Gasteiger partial charge in [0.15, 0.2) is 27.8 Å². The molecule has 0 fully saturated rings. The first kappa shape index (κ1) is 37.8. The third-order valence-corrected chi connectivity index (χ3v) is 9.24. The van der Waals surface area contributed by atoms with Gasteiger partial charge in [0.05, 0.1) is 34.2 Å². The first-order valence-electron chi connectivity index (χ1n) is 14.3. The van der Waals surface area contributed by atoms with E-state index < -0.39 is 56.4 Å². The molecule has 0 saturated heterocycles. The highest BCUT2D eigenvalue weighted by molar-refractivity contribution is 9.10. The summed E-state index contributed by atoms with van der Waals surface area (Å²) in [6.45, 7) is 4.76. The van der Waals surface area contributed by atoms with E-state index in [1.807, 2.05) is 6.92 Å². The van der Waals surface area contributed by atoms with Gasteiger partial charge in [0.25, 0.3) is 0 Å². The number of carbonyl (C=O) groups is 2. The van der Waals surface area contributed by atoms with Crippen molar-refractivity contribution in [1.29, 1.82) is 0 Å². The van der Waals surface area contributed by atoms with Crippen LogP contribution in [0.3, 0.4) is 0 Å². The molecule has 47 heavy (non-hydrogen) atoms. The van der Waals surface area contributed by atoms with Crippen LogP contribution in [0.1, 0.15) is 39.2 Å². The number of H-pyrrole nitrogens is 1. The number of hydrogen-bond acceptors (Lipinski definition) is 11. The fraction of sp³-hybridized carbons (Fsp3) is 0.419. The highest BCUT2D eigenvalue weighted by Crippen LogP contribution is 2.34. The van der Waals surface area contributed by atoms with E-state index in [1.165, 1.54) is 50.4 Å². The number of aromatic nitrogens is 2. The normalized spacial score (nSPS) is 14.6. The molecule has 1 unspecified atom stereocenters. The van der Waals surface area contributed by atoms with Crippen LogP contribution in [0.5, 0.6) is 5.75 Å². The Kier molecular flexibility index (Phi) is 12.4. The molecule has 3 aromatic rings. The molecule has 0 aliphatic heterocycles. The van der Waals surface area contributed by atoms with Crippen LogP contribution in [0, 0.1) is 5.82 Å². The monoisotopic (exact) mass is 742 g/mol. The van der Waals surface area contributed by atoms with Crippen molar-refractivity contribution in [2.75, 3.05) is 26.1 Å². The van der Waals surface area contributed by atoms with Crippen LogP contribution in [0.15, 0.2) is 62.8 Å². The summed E-state index contributed by atoms with van der Waals surface area (Å²) in [5.74, 6) is -3.68. The first-order valence-corrected chi connectivity index (χ1v) is 17.0. The van der Waals surface area contributed by atoms with E-state index >= 15 is 0 Å². The highest BCUT2D eigenvalue weighted by atomic mass is 79.9. The molecule has 1 aromatic heterocycles. The van der Waals surface area contributed by atoms with Crippen molar-refractivity contribution >= 4 is 37.7 Å². The van der Waals surface area contributed by atoms with Gasteiger partial charge in [-0.05, 0) is 71.6 Å². The summed E-state index contributed by atoms with van der Waals surface area (Å²) < 4.78 is 55.6. The van der Waals surface area contributed by atoms with Gasteiger partial charge >= 0.3 is 17.5 Å². The van der Waals surface area contributed by atoms with Crippen LogP contribution in [0.2, 0.25) is 0 Å². The predicted molar refractivity (Wildman–Crippen MR) is 170 cm³/mol. The number of carboxylic acid groups (broad SMARTS) is 1. The van der Waals surface area contributed by atoms with E-state index in [0.29, 0.717) is 23.1 Å². The second kappa shape index (κ2) is 15.5. The number of aromatic amines is 1. The molecule has 256 valence electrons. The van der Waals surface area contributed by atoms with Gasteiger partial charge in [0, 0.05) is 18.2 Å². The van der Waals surface area contributed by atoms with Crippen LogP contribution >= 0.6 is 15.9 Å². The maximum Gasteiger partial charge on any atom is 0.338 e. The number of carbonyl (C=O) groups excluding carboxylic acids is 1. The maximum absolute atomic E-state index is 14.2. The summed E-state index contributed by atoms with van der Waals surface area (Å²) in [6.07, 6.45) is -1.69. The molecule has 13 nitrogen and oxygen atoms in total. The lowest BCUT2D eigenvalue weighted by atomic mass is 9.79. The van der Waals surface area contributed by atoms with Gasteiger partial charge in [0.1, 0.15) is 18.0 Å². The number of aliphatic hydroxyl groups is 2. The van der Waals surface area contributed by atoms with Gasteiger partial charge in [-0.25, -0.2) is 27.5 Å². The Morgan fingerprint density at radius 3 is 2.32 bits per heavy atom. The fourth-order valence-corrected chi connectivity index (χ4v) is 5.51. The lowest BCUT2D eigenvalue weighted by molar-refractivity contribution is -0.180. The zero-order valence-corrected chi connectivity index (χ0v) is 28.4. The van der Waals surface area contributed by atoms with Crippen molar-refractivity contribution in [3.63, 3.8) is 0 Å². The van der Waals surface area contributed by atoms with Gasteiger partial charge in [-0.3, -0.25) is 4.79 Å². The topological polar surface area (TPSA) is 202 Å². The number of carboxylic acids is 1. The summed E-state index contributed by atoms with van der Waals surface area (Å²) >= 11 is 3.21. The Morgan fingerprint density at radius 1 is 1.09 bits per heavy atom. The first-order chi connectivity index (χ1) is 21.9. The Hall–Kier alpha value is -3.70. The molecule has 16 heteroatoms. The van der Waals surface area contributed by atoms with Crippen molar-refractivity contribution in [3.05, 3.63) is 74.9 Å². The maximum atomic E-state index is 14.2. The summed E-state index contributed by atoms with van der Waals surface area (Å²) in [7, 11) is -3.45. The molecule has 0 amide bonds. The van der Waals surface area contributed by atoms with Crippen LogP contribution < -0.4 is 10.3 Å². The van der Waals surface area contributed by atoms with E-state index in [4.69, 9.17) is 19.3 Å². The van der Waals surface area contributed by atoms with E-state index in [9.17, 15) is 37.4 Å². The quantitative estimate of drug-likeness (QED) is 0.124. The number of esters is 1. The average molecular weight is 744 g/mol. The Balaban J connectivity index is 1.85. The number of ether oxygens (including phenoxy) is 3. The summed E-state index contributed by atoms with van der Waals surface area (Å²) in [5, 5.41) is 34.3. The molecule has 3 atom stereocenters. The van der Waals surface area contributed by atoms with Gasteiger partial charge in [-0.2, -0.15) is 5.10 Å². The SMILES string of the molecule is CCC(COCCC(C)(C)OC(=O)[C@H](O)[C@@H](O)C(=O)O)(COc1c(-c2ccc(S(C)(=O)=O)cc2)cn[nH]c1=O)c1ccc(F)c(Br)c1. The molecule has 0 radical (unpaired) electrons. The number of sulfone groups is 1. The van der Waals surface area contributed by atoms with Crippen molar-refractivity contribution in [3.8, 4) is 16.9 Å². The lowest BCUT2D eigenvalue weighted by Crippen LogP contribution is -2.44. The molecule has 4 N–H and O–H groups in total. The molecule has 0 spiro atoms.